The van der Waals surface area contributed by atoms with Crippen molar-refractivity contribution in [3.63, 3.8) is 0 Å². The second-order valence-electron chi connectivity index (χ2n) is 11.9. The van der Waals surface area contributed by atoms with Crippen molar-refractivity contribution in [3.8, 4) is 11.3 Å². The molecule has 2 aromatic rings. The summed E-state index contributed by atoms with van der Waals surface area (Å²) < 4.78 is 10.4. The third kappa shape index (κ3) is 7.94. The molecule has 1 atom stereocenters. The number of thioether (sulfide) groups is 1. The Morgan fingerprint density at radius 1 is 1.09 bits per heavy atom. The van der Waals surface area contributed by atoms with Gasteiger partial charge in [0.05, 0.1) is 26.0 Å². The normalized spacial score (nSPS) is 20.1. The lowest BCUT2D eigenvalue weighted by molar-refractivity contribution is -0.146. The summed E-state index contributed by atoms with van der Waals surface area (Å²) in [5, 5.41) is 9.07. The molecule has 1 saturated carbocycles. The highest BCUT2D eigenvalue weighted by Gasteiger charge is 2.42. The van der Waals surface area contributed by atoms with Crippen molar-refractivity contribution in [2.45, 2.75) is 69.0 Å². The number of morpholine rings is 1. The standard InChI is InChI=1S/C32H45N5O5S2/c1-41-29(39)26(12-21-43-2)33-30(40)32(13-4-3-5-14-32)35-28(38)24-8-6-23(7-9-24)27-22-44-31(34-27)37-15-10-25(11-16-37)36-17-19-42-20-18-36/h6-9,22,25-26H,3-5,10-21H2,1-2H3,(H,33,40)(H,35,38). The van der Waals surface area contributed by atoms with E-state index in [2.05, 4.69) is 25.8 Å². The van der Waals surface area contributed by atoms with Gasteiger partial charge < -0.3 is 25.0 Å². The molecule has 2 saturated heterocycles. The number of esters is 1. The maximum Gasteiger partial charge on any atom is 0.328 e. The fourth-order valence-corrected chi connectivity index (χ4v) is 7.84. The van der Waals surface area contributed by atoms with E-state index in [-0.39, 0.29) is 11.8 Å². The van der Waals surface area contributed by atoms with Gasteiger partial charge >= 0.3 is 5.97 Å². The largest absolute Gasteiger partial charge is 0.467 e. The van der Waals surface area contributed by atoms with Gasteiger partial charge in [-0.25, -0.2) is 9.78 Å². The summed E-state index contributed by atoms with van der Waals surface area (Å²) in [6.07, 6.45) is 8.43. The van der Waals surface area contributed by atoms with Crippen LogP contribution in [0.1, 0.15) is 61.7 Å². The number of piperidine rings is 1. The number of hydrogen-bond donors (Lipinski definition) is 2. The maximum absolute atomic E-state index is 13.6. The molecule has 1 aromatic heterocycles. The van der Waals surface area contributed by atoms with Crippen LogP contribution in [0.5, 0.6) is 0 Å². The Morgan fingerprint density at radius 2 is 1.80 bits per heavy atom. The molecular weight excluding hydrogens is 599 g/mol. The minimum Gasteiger partial charge on any atom is -0.467 e. The third-order valence-electron chi connectivity index (χ3n) is 9.13. The Kier molecular flexibility index (Phi) is 11.6. The molecule has 3 heterocycles. The molecule has 3 fully saturated rings. The summed E-state index contributed by atoms with van der Waals surface area (Å²) in [7, 11) is 1.32. The minimum absolute atomic E-state index is 0.297. The molecule has 2 amide bonds. The number of rotatable bonds is 11. The highest BCUT2D eigenvalue weighted by atomic mass is 32.2. The van der Waals surface area contributed by atoms with E-state index in [1.165, 1.54) is 7.11 Å². The lowest BCUT2D eigenvalue weighted by Crippen LogP contribution is -2.62. The van der Waals surface area contributed by atoms with E-state index in [1.807, 2.05) is 18.4 Å². The molecule has 3 aliphatic rings. The van der Waals surface area contributed by atoms with Crippen LogP contribution < -0.4 is 15.5 Å². The highest BCUT2D eigenvalue weighted by Crippen LogP contribution is 2.32. The molecular formula is C32H45N5O5S2. The zero-order chi connectivity index (χ0) is 30.9. The summed E-state index contributed by atoms with van der Waals surface area (Å²) in [6.45, 7) is 5.74. The average molecular weight is 644 g/mol. The summed E-state index contributed by atoms with van der Waals surface area (Å²) >= 11 is 3.26. The molecule has 44 heavy (non-hydrogen) atoms. The Bertz CT molecular complexity index is 1250. The van der Waals surface area contributed by atoms with Gasteiger partial charge in [0.2, 0.25) is 5.91 Å². The van der Waals surface area contributed by atoms with Crippen molar-refractivity contribution in [2.24, 2.45) is 0 Å². The first-order chi connectivity index (χ1) is 21.4. The zero-order valence-electron chi connectivity index (χ0n) is 25.8. The first kappa shape index (κ1) is 32.7. The van der Waals surface area contributed by atoms with Crippen LogP contribution in [0.4, 0.5) is 5.13 Å². The first-order valence-corrected chi connectivity index (χ1v) is 18.0. The number of nitrogens with one attached hydrogen (secondary N) is 2. The number of aromatic nitrogens is 1. The van der Waals surface area contributed by atoms with Crippen LogP contribution in [-0.4, -0.2) is 104 Å². The summed E-state index contributed by atoms with van der Waals surface area (Å²) in [5.41, 5.74) is 1.28. The molecule has 2 N–H and O–H groups in total. The summed E-state index contributed by atoms with van der Waals surface area (Å²) in [5.74, 6) is -0.375. The van der Waals surface area contributed by atoms with Crippen molar-refractivity contribution in [1.29, 1.82) is 0 Å². The Hall–Kier alpha value is -2.67. The van der Waals surface area contributed by atoms with Gasteiger partial charge in [0.1, 0.15) is 11.6 Å². The second-order valence-corrected chi connectivity index (χ2v) is 13.7. The van der Waals surface area contributed by atoms with Crippen LogP contribution in [-0.2, 0) is 19.1 Å². The van der Waals surface area contributed by atoms with Crippen molar-refractivity contribution in [1.82, 2.24) is 20.5 Å². The van der Waals surface area contributed by atoms with Gasteiger partial charge in [-0.15, -0.1) is 11.3 Å². The summed E-state index contributed by atoms with van der Waals surface area (Å²) in [6, 6.07) is 7.31. The smallest absolute Gasteiger partial charge is 0.328 e. The van der Waals surface area contributed by atoms with Crippen LogP contribution in [0.15, 0.2) is 29.6 Å². The van der Waals surface area contributed by atoms with Crippen LogP contribution in [0, 0.1) is 0 Å². The Balaban J connectivity index is 1.20. The van der Waals surface area contributed by atoms with E-state index in [0.29, 0.717) is 36.6 Å². The van der Waals surface area contributed by atoms with Crippen molar-refractivity contribution >= 4 is 46.0 Å². The SMILES string of the molecule is COC(=O)C(CCSC)NC(=O)C1(NC(=O)c2ccc(-c3csc(N4CCC(N5CCOCC5)CC4)n3)cc2)CCCCC1. The first-order valence-electron chi connectivity index (χ1n) is 15.8. The Morgan fingerprint density at radius 3 is 2.45 bits per heavy atom. The lowest BCUT2D eigenvalue weighted by atomic mass is 9.80. The number of methoxy groups -OCH3 is 1. The molecule has 5 rings (SSSR count). The number of hydrogen-bond acceptors (Lipinski definition) is 10. The zero-order valence-corrected chi connectivity index (χ0v) is 27.5. The predicted octanol–water partition coefficient (Wildman–Crippen LogP) is 3.95. The molecule has 1 aromatic carbocycles. The monoisotopic (exact) mass is 643 g/mol. The molecule has 1 unspecified atom stereocenters. The van der Waals surface area contributed by atoms with E-state index >= 15 is 0 Å². The number of anilines is 1. The van der Waals surface area contributed by atoms with Gasteiger partial charge in [0.15, 0.2) is 5.13 Å². The number of amides is 2. The topological polar surface area (TPSA) is 113 Å². The van der Waals surface area contributed by atoms with Crippen LogP contribution >= 0.6 is 23.1 Å². The van der Waals surface area contributed by atoms with Crippen molar-refractivity contribution in [2.75, 3.05) is 63.4 Å². The molecule has 12 heteroatoms. The van der Waals surface area contributed by atoms with Gasteiger partial charge in [-0.3, -0.25) is 14.5 Å². The molecule has 1 aliphatic carbocycles. The molecule has 0 bridgehead atoms. The van der Waals surface area contributed by atoms with Gasteiger partial charge in [-0.05, 0) is 56.2 Å². The van der Waals surface area contributed by atoms with E-state index in [0.717, 1.165) is 87.9 Å². The number of carbonyl (C=O) groups excluding carboxylic acids is 3. The number of ether oxygens (including phenoxy) is 2. The van der Waals surface area contributed by atoms with E-state index in [1.54, 1.807) is 35.2 Å². The van der Waals surface area contributed by atoms with Crippen LogP contribution in [0.3, 0.4) is 0 Å². The summed E-state index contributed by atoms with van der Waals surface area (Å²) in [4.78, 5) is 49.3. The van der Waals surface area contributed by atoms with Gasteiger partial charge in [-0.1, -0.05) is 31.4 Å². The number of benzene rings is 1. The van der Waals surface area contributed by atoms with E-state index in [9.17, 15) is 14.4 Å². The minimum atomic E-state index is -1.06. The van der Waals surface area contributed by atoms with Crippen LogP contribution in [0.2, 0.25) is 0 Å². The maximum atomic E-state index is 13.6. The Labute approximate surface area is 268 Å². The molecule has 0 spiro atoms. The molecule has 2 aliphatic heterocycles. The van der Waals surface area contributed by atoms with Gasteiger partial charge in [0.25, 0.3) is 5.91 Å². The third-order valence-corrected chi connectivity index (χ3v) is 10.7. The number of carbonyl (C=O) groups is 3. The quantitative estimate of drug-likeness (QED) is 0.352. The van der Waals surface area contributed by atoms with E-state index < -0.39 is 17.6 Å². The second kappa shape index (κ2) is 15.6. The highest BCUT2D eigenvalue weighted by molar-refractivity contribution is 7.98. The van der Waals surface area contributed by atoms with Gasteiger partial charge in [-0.2, -0.15) is 11.8 Å². The fourth-order valence-electron chi connectivity index (χ4n) is 6.48. The average Bonchev–Trinajstić information content (AvgIpc) is 3.57. The number of thiazole rings is 1. The lowest BCUT2D eigenvalue weighted by Gasteiger charge is -2.40. The molecule has 0 radical (unpaired) electrons. The van der Waals surface area contributed by atoms with Crippen molar-refractivity contribution in [3.05, 3.63) is 35.2 Å². The fraction of sp³-hybridized carbons (Fsp3) is 0.625. The van der Waals surface area contributed by atoms with Crippen LogP contribution in [0.25, 0.3) is 11.3 Å². The van der Waals surface area contributed by atoms with E-state index in [4.69, 9.17) is 14.5 Å². The molecule has 240 valence electrons. The van der Waals surface area contributed by atoms with Gasteiger partial charge in [0, 0.05) is 48.7 Å². The predicted molar refractivity (Wildman–Crippen MR) is 175 cm³/mol. The number of nitrogens with zero attached hydrogens (tertiary/aromatic N) is 3. The van der Waals surface area contributed by atoms with Crippen molar-refractivity contribution < 1.29 is 23.9 Å². The molecule has 10 nitrogen and oxygen atoms in total.